The fourth-order valence-corrected chi connectivity index (χ4v) is 1.25. The van der Waals surface area contributed by atoms with E-state index in [4.69, 9.17) is 5.73 Å². The Morgan fingerprint density at radius 1 is 1.38 bits per heavy atom. The Morgan fingerprint density at radius 3 is 2.44 bits per heavy atom. The van der Waals surface area contributed by atoms with Crippen molar-refractivity contribution in [3.63, 3.8) is 0 Å². The lowest BCUT2D eigenvalue weighted by Gasteiger charge is -2.21. The van der Waals surface area contributed by atoms with E-state index in [0.29, 0.717) is 18.7 Å². The molecule has 0 aliphatic carbocycles. The molecule has 0 spiro atoms. The van der Waals surface area contributed by atoms with Crippen molar-refractivity contribution in [3.8, 4) is 0 Å². The van der Waals surface area contributed by atoms with Crippen molar-refractivity contribution in [3.05, 3.63) is 30.1 Å². The average Bonchev–Trinajstić information content (AvgIpc) is 2.21. The zero-order valence-corrected chi connectivity index (χ0v) is 9.59. The monoisotopic (exact) mass is 224 g/mol. The van der Waals surface area contributed by atoms with E-state index in [1.54, 1.807) is 0 Å². The first-order valence-corrected chi connectivity index (χ1v) is 5.18. The first kappa shape index (κ1) is 12.6. The van der Waals surface area contributed by atoms with Crippen LogP contribution < -0.4 is 11.1 Å². The van der Waals surface area contributed by atoms with Crippen LogP contribution in [0, 0.1) is 11.2 Å². The van der Waals surface area contributed by atoms with Crippen molar-refractivity contribution in [2.45, 2.75) is 20.3 Å². The van der Waals surface area contributed by atoms with Crippen LogP contribution in [0.4, 0.5) is 10.1 Å². The number of amides is 1. The summed E-state index contributed by atoms with van der Waals surface area (Å²) < 4.78 is 12.6. The topological polar surface area (TPSA) is 55.1 Å². The highest BCUT2D eigenvalue weighted by atomic mass is 19.1. The van der Waals surface area contributed by atoms with Gasteiger partial charge in [0.05, 0.1) is 0 Å². The maximum absolute atomic E-state index is 12.6. The number of rotatable bonds is 4. The molecule has 0 aliphatic rings. The Bertz CT molecular complexity index is 360. The molecule has 0 atom stereocenters. The van der Waals surface area contributed by atoms with Gasteiger partial charge in [0.2, 0.25) is 5.91 Å². The molecule has 1 aromatic rings. The van der Waals surface area contributed by atoms with E-state index in [9.17, 15) is 9.18 Å². The standard InChI is InChI=1S/C12H17FN2O/c1-12(2,8-14)7-11(16)15-10-5-3-9(13)4-6-10/h3-6H,7-8,14H2,1-2H3,(H,15,16). The average molecular weight is 224 g/mol. The second-order valence-corrected chi connectivity index (χ2v) is 4.60. The fraction of sp³-hybridized carbons (Fsp3) is 0.417. The lowest BCUT2D eigenvalue weighted by atomic mass is 9.89. The molecule has 0 unspecified atom stereocenters. The molecule has 0 fully saturated rings. The summed E-state index contributed by atoms with van der Waals surface area (Å²) in [7, 11) is 0. The highest BCUT2D eigenvalue weighted by Crippen LogP contribution is 2.19. The predicted molar refractivity (Wildman–Crippen MR) is 62.5 cm³/mol. The first-order chi connectivity index (χ1) is 7.43. The van der Waals surface area contributed by atoms with Gasteiger partial charge in [0, 0.05) is 12.1 Å². The van der Waals surface area contributed by atoms with Crippen LogP contribution in [0.3, 0.4) is 0 Å². The molecule has 0 radical (unpaired) electrons. The summed E-state index contributed by atoms with van der Waals surface area (Å²) in [5, 5.41) is 2.70. The van der Waals surface area contributed by atoms with Crippen molar-refractivity contribution in [1.82, 2.24) is 0 Å². The molecule has 3 N–H and O–H groups in total. The van der Waals surface area contributed by atoms with Crippen molar-refractivity contribution in [1.29, 1.82) is 0 Å². The van der Waals surface area contributed by atoms with E-state index in [1.165, 1.54) is 24.3 Å². The largest absolute Gasteiger partial charge is 0.330 e. The number of hydrogen-bond acceptors (Lipinski definition) is 2. The van der Waals surface area contributed by atoms with Gasteiger partial charge in [-0.3, -0.25) is 4.79 Å². The van der Waals surface area contributed by atoms with Gasteiger partial charge in [-0.15, -0.1) is 0 Å². The second kappa shape index (κ2) is 5.07. The molecule has 4 heteroatoms. The fourth-order valence-electron chi connectivity index (χ4n) is 1.25. The van der Waals surface area contributed by atoms with Crippen molar-refractivity contribution >= 4 is 11.6 Å². The summed E-state index contributed by atoms with van der Waals surface area (Å²) in [6.45, 7) is 4.30. The Kier molecular flexibility index (Phi) is 4.01. The number of hydrogen-bond donors (Lipinski definition) is 2. The Hall–Kier alpha value is -1.42. The molecule has 0 aromatic heterocycles. The van der Waals surface area contributed by atoms with Gasteiger partial charge in [-0.2, -0.15) is 0 Å². The first-order valence-electron chi connectivity index (χ1n) is 5.18. The van der Waals surface area contributed by atoms with Crippen LogP contribution in [0.5, 0.6) is 0 Å². The van der Waals surface area contributed by atoms with Crippen molar-refractivity contribution < 1.29 is 9.18 Å². The van der Waals surface area contributed by atoms with Gasteiger partial charge in [-0.05, 0) is 36.2 Å². The van der Waals surface area contributed by atoms with E-state index in [1.807, 2.05) is 13.8 Å². The Labute approximate surface area is 94.8 Å². The molecular formula is C12H17FN2O. The lowest BCUT2D eigenvalue weighted by molar-refractivity contribution is -0.117. The normalized spacial score (nSPS) is 11.2. The van der Waals surface area contributed by atoms with E-state index in [0.717, 1.165) is 0 Å². The predicted octanol–water partition coefficient (Wildman–Crippen LogP) is 2.14. The Balaban J connectivity index is 2.55. The van der Waals surface area contributed by atoms with Crippen LogP contribution in [0.25, 0.3) is 0 Å². The molecule has 0 aliphatic heterocycles. The molecule has 3 nitrogen and oxygen atoms in total. The summed E-state index contributed by atoms with van der Waals surface area (Å²) in [6, 6.07) is 5.68. The molecule has 1 aromatic carbocycles. The molecule has 16 heavy (non-hydrogen) atoms. The SMILES string of the molecule is CC(C)(CN)CC(=O)Nc1ccc(F)cc1. The van der Waals surface area contributed by atoms with Crippen LogP contribution in [-0.2, 0) is 4.79 Å². The number of carbonyl (C=O) groups excluding carboxylic acids is 1. The minimum Gasteiger partial charge on any atom is -0.330 e. The van der Waals surface area contributed by atoms with Gasteiger partial charge >= 0.3 is 0 Å². The van der Waals surface area contributed by atoms with E-state index in [-0.39, 0.29) is 17.1 Å². The molecular weight excluding hydrogens is 207 g/mol. The van der Waals surface area contributed by atoms with Gasteiger partial charge in [0.25, 0.3) is 0 Å². The molecule has 88 valence electrons. The Morgan fingerprint density at radius 2 is 1.94 bits per heavy atom. The quantitative estimate of drug-likeness (QED) is 0.823. The summed E-state index contributed by atoms with van der Waals surface area (Å²) in [4.78, 5) is 11.6. The zero-order chi connectivity index (χ0) is 12.2. The van der Waals surface area contributed by atoms with Gasteiger partial charge < -0.3 is 11.1 Å². The van der Waals surface area contributed by atoms with E-state index in [2.05, 4.69) is 5.32 Å². The van der Waals surface area contributed by atoms with Gasteiger partial charge in [0.1, 0.15) is 5.82 Å². The lowest BCUT2D eigenvalue weighted by Crippen LogP contribution is -2.29. The molecule has 1 rings (SSSR count). The van der Waals surface area contributed by atoms with Gasteiger partial charge in [-0.1, -0.05) is 13.8 Å². The third-order valence-corrected chi connectivity index (χ3v) is 2.32. The summed E-state index contributed by atoms with van der Waals surface area (Å²) in [5.74, 6) is -0.428. The second-order valence-electron chi connectivity index (χ2n) is 4.60. The number of carbonyl (C=O) groups is 1. The number of nitrogens with one attached hydrogen (secondary N) is 1. The minimum atomic E-state index is -0.319. The maximum atomic E-state index is 12.6. The third kappa shape index (κ3) is 3.98. The van der Waals surface area contributed by atoms with Crippen LogP contribution in [0.1, 0.15) is 20.3 Å². The summed E-state index contributed by atoms with van der Waals surface area (Å²) >= 11 is 0. The molecule has 0 saturated heterocycles. The van der Waals surface area contributed by atoms with Gasteiger partial charge in [0.15, 0.2) is 0 Å². The summed E-state index contributed by atoms with van der Waals surface area (Å²) in [5.41, 5.74) is 5.92. The smallest absolute Gasteiger partial charge is 0.224 e. The van der Waals surface area contributed by atoms with Crippen LogP contribution >= 0.6 is 0 Å². The maximum Gasteiger partial charge on any atom is 0.224 e. The van der Waals surface area contributed by atoms with Gasteiger partial charge in [-0.25, -0.2) is 4.39 Å². The number of nitrogens with two attached hydrogens (primary N) is 1. The van der Waals surface area contributed by atoms with Crippen LogP contribution in [0.15, 0.2) is 24.3 Å². The van der Waals surface area contributed by atoms with Crippen molar-refractivity contribution in [2.75, 3.05) is 11.9 Å². The number of halogens is 1. The summed E-state index contributed by atoms with van der Waals surface area (Å²) in [6.07, 6.45) is 0.348. The van der Waals surface area contributed by atoms with Crippen molar-refractivity contribution in [2.24, 2.45) is 11.1 Å². The number of anilines is 1. The minimum absolute atomic E-state index is 0.109. The van der Waals surface area contributed by atoms with Crippen LogP contribution in [0.2, 0.25) is 0 Å². The molecule has 1 amide bonds. The zero-order valence-electron chi connectivity index (χ0n) is 9.59. The van der Waals surface area contributed by atoms with E-state index >= 15 is 0 Å². The number of benzene rings is 1. The third-order valence-electron chi connectivity index (χ3n) is 2.32. The van der Waals surface area contributed by atoms with Crippen LogP contribution in [-0.4, -0.2) is 12.5 Å². The van der Waals surface area contributed by atoms with E-state index < -0.39 is 0 Å². The highest BCUT2D eigenvalue weighted by molar-refractivity contribution is 5.91. The molecule has 0 bridgehead atoms. The molecule has 0 saturated carbocycles. The highest BCUT2D eigenvalue weighted by Gasteiger charge is 2.19. The molecule has 0 heterocycles.